The molecule has 0 aromatic carbocycles. The van der Waals surface area contributed by atoms with E-state index in [1.54, 1.807) is 0 Å². The minimum atomic E-state index is -2.75. The largest absolute Gasteiger partial charge is 0.341 e. The highest BCUT2D eigenvalue weighted by Gasteiger charge is 2.62. The van der Waals surface area contributed by atoms with Crippen LogP contribution in [0.5, 0.6) is 0 Å². The standard InChI is InChI=1S/C9H14F2N2O/c10-9(11)4-7(9)8(14)13-3-1-2-6(12)5-13/h6-7H,1-5,12H2/t6-,7?/m0/s1. The number of nitrogens with two attached hydrogens (primary N) is 1. The summed E-state index contributed by atoms with van der Waals surface area (Å²) in [6, 6.07) is -0.0416. The van der Waals surface area contributed by atoms with Gasteiger partial charge in [-0.15, -0.1) is 0 Å². The third-order valence-electron chi connectivity index (χ3n) is 2.89. The molecule has 0 radical (unpaired) electrons. The molecule has 80 valence electrons. The number of carbonyl (C=O) groups is 1. The van der Waals surface area contributed by atoms with Crippen molar-refractivity contribution in [2.45, 2.75) is 31.2 Å². The van der Waals surface area contributed by atoms with Crippen LogP contribution in [-0.2, 0) is 4.79 Å². The zero-order valence-electron chi connectivity index (χ0n) is 7.88. The lowest BCUT2D eigenvalue weighted by Crippen LogP contribution is -2.46. The Morgan fingerprint density at radius 1 is 1.50 bits per heavy atom. The van der Waals surface area contributed by atoms with E-state index in [9.17, 15) is 13.6 Å². The van der Waals surface area contributed by atoms with Crippen LogP contribution in [0.4, 0.5) is 8.78 Å². The van der Waals surface area contributed by atoms with E-state index in [-0.39, 0.29) is 12.5 Å². The van der Waals surface area contributed by atoms with Crippen LogP contribution in [0.1, 0.15) is 19.3 Å². The van der Waals surface area contributed by atoms with Crippen LogP contribution in [0.3, 0.4) is 0 Å². The third kappa shape index (κ3) is 1.73. The lowest BCUT2D eigenvalue weighted by atomic mass is 10.1. The number of halogens is 2. The molecule has 1 aliphatic heterocycles. The smallest absolute Gasteiger partial charge is 0.260 e. The lowest BCUT2D eigenvalue weighted by molar-refractivity contribution is -0.136. The van der Waals surface area contributed by atoms with Crippen molar-refractivity contribution >= 4 is 5.91 Å². The summed E-state index contributed by atoms with van der Waals surface area (Å²) in [7, 11) is 0. The first-order chi connectivity index (χ1) is 6.50. The van der Waals surface area contributed by atoms with E-state index in [1.807, 2.05) is 0 Å². The Bertz CT molecular complexity index is 257. The van der Waals surface area contributed by atoms with Crippen LogP contribution >= 0.6 is 0 Å². The number of piperidine rings is 1. The summed E-state index contributed by atoms with van der Waals surface area (Å²) in [6.45, 7) is 1.02. The molecule has 2 rings (SSSR count). The molecule has 14 heavy (non-hydrogen) atoms. The average molecular weight is 204 g/mol. The van der Waals surface area contributed by atoms with Crippen LogP contribution in [0.15, 0.2) is 0 Å². The molecule has 1 saturated heterocycles. The second-order valence-electron chi connectivity index (χ2n) is 4.20. The fraction of sp³-hybridized carbons (Fsp3) is 0.889. The van der Waals surface area contributed by atoms with E-state index in [0.29, 0.717) is 13.1 Å². The van der Waals surface area contributed by atoms with Crippen LogP contribution in [-0.4, -0.2) is 35.9 Å². The van der Waals surface area contributed by atoms with Crippen molar-refractivity contribution in [2.24, 2.45) is 11.7 Å². The van der Waals surface area contributed by atoms with Gasteiger partial charge >= 0.3 is 0 Å². The van der Waals surface area contributed by atoms with Crippen molar-refractivity contribution in [3.63, 3.8) is 0 Å². The normalized spacial score (nSPS) is 35.5. The van der Waals surface area contributed by atoms with Gasteiger partial charge in [-0.1, -0.05) is 0 Å². The molecule has 2 atom stereocenters. The average Bonchev–Trinajstić information content (AvgIpc) is 2.74. The first-order valence-corrected chi connectivity index (χ1v) is 4.93. The van der Waals surface area contributed by atoms with Crippen molar-refractivity contribution in [1.82, 2.24) is 4.90 Å². The van der Waals surface area contributed by atoms with Crippen LogP contribution in [0, 0.1) is 5.92 Å². The molecule has 3 nitrogen and oxygen atoms in total. The van der Waals surface area contributed by atoms with Crippen LogP contribution < -0.4 is 5.73 Å². The third-order valence-corrected chi connectivity index (χ3v) is 2.89. The first-order valence-electron chi connectivity index (χ1n) is 4.93. The first kappa shape index (κ1) is 9.83. The van der Waals surface area contributed by atoms with Gasteiger partial charge in [-0.25, -0.2) is 8.78 Å². The van der Waals surface area contributed by atoms with Gasteiger partial charge < -0.3 is 10.6 Å². The molecule has 0 bridgehead atoms. The molecule has 0 aromatic heterocycles. The predicted molar refractivity (Wildman–Crippen MR) is 46.8 cm³/mol. The number of likely N-dealkylation sites (tertiary alicyclic amines) is 1. The van der Waals surface area contributed by atoms with Crippen molar-refractivity contribution < 1.29 is 13.6 Å². The number of hydrogen-bond acceptors (Lipinski definition) is 2. The molecule has 1 aliphatic carbocycles. The molecule has 1 saturated carbocycles. The van der Waals surface area contributed by atoms with Crippen molar-refractivity contribution in [1.29, 1.82) is 0 Å². The van der Waals surface area contributed by atoms with Crippen LogP contribution in [0.25, 0.3) is 0 Å². The quantitative estimate of drug-likeness (QED) is 0.679. The Labute approximate surface area is 81.2 Å². The van der Waals surface area contributed by atoms with Gasteiger partial charge in [-0.3, -0.25) is 4.79 Å². The molecular formula is C9H14F2N2O. The van der Waals surface area contributed by atoms with Crippen LogP contribution in [0.2, 0.25) is 0 Å². The second kappa shape index (κ2) is 3.15. The maximum absolute atomic E-state index is 12.6. The second-order valence-corrected chi connectivity index (χ2v) is 4.20. The molecule has 1 heterocycles. The fourth-order valence-corrected chi connectivity index (χ4v) is 1.91. The van der Waals surface area contributed by atoms with Gasteiger partial charge in [-0.05, 0) is 12.8 Å². The van der Waals surface area contributed by atoms with E-state index in [2.05, 4.69) is 0 Å². The Hall–Kier alpha value is -0.710. The number of carbonyl (C=O) groups excluding carboxylic acids is 1. The maximum Gasteiger partial charge on any atom is 0.260 e. The monoisotopic (exact) mass is 204 g/mol. The van der Waals surface area contributed by atoms with E-state index < -0.39 is 17.7 Å². The van der Waals surface area contributed by atoms with Crippen molar-refractivity contribution in [3.05, 3.63) is 0 Å². The summed E-state index contributed by atoms with van der Waals surface area (Å²) < 4.78 is 25.2. The van der Waals surface area contributed by atoms with Gasteiger partial charge in [0.1, 0.15) is 5.92 Å². The zero-order valence-corrected chi connectivity index (χ0v) is 7.88. The van der Waals surface area contributed by atoms with Gasteiger partial charge in [0, 0.05) is 25.6 Å². The van der Waals surface area contributed by atoms with Gasteiger partial charge in [0.15, 0.2) is 0 Å². The van der Waals surface area contributed by atoms with Gasteiger partial charge in [0.05, 0.1) is 0 Å². The number of alkyl halides is 2. The number of hydrogen-bond donors (Lipinski definition) is 1. The van der Waals surface area contributed by atoms with Crippen molar-refractivity contribution in [2.75, 3.05) is 13.1 Å². The minimum absolute atomic E-state index is 0.0416. The Morgan fingerprint density at radius 3 is 2.64 bits per heavy atom. The number of rotatable bonds is 1. The highest BCUT2D eigenvalue weighted by Crippen LogP contribution is 2.49. The van der Waals surface area contributed by atoms with E-state index in [0.717, 1.165) is 12.8 Å². The van der Waals surface area contributed by atoms with Gasteiger partial charge in [-0.2, -0.15) is 0 Å². The SMILES string of the molecule is N[C@H]1CCCN(C(=O)C2CC2(F)F)C1. The molecule has 5 heteroatoms. The molecule has 1 unspecified atom stereocenters. The topological polar surface area (TPSA) is 46.3 Å². The molecule has 2 N–H and O–H groups in total. The minimum Gasteiger partial charge on any atom is -0.341 e. The predicted octanol–water partition coefficient (Wildman–Crippen LogP) is 0.591. The highest BCUT2D eigenvalue weighted by molar-refractivity contribution is 5.83. The Morgan fingerprint density at radius 2 is 2.14 bits per heavy atom. The molecular weight excluding hydrogens is 190 g/mol. The summed E-state index contributed by atoms with van der Waals surface area (Å²) in [5.74, 6) is -4.23. The Kier molecular flexibility index (Phi) is 2.21. The Balaban J connectivity index is 1.92. The summed E-state index contributed by atoms with van der Waals surface area (Å²) in [4.78, 5) is 13.0. The number of amides is 1. The lowest BCUT2D eigenvalue weighted by Gasteiger charge is -2.30. The zero-order chi connectivity index (χ0) is 10.3. The molecule has 2 aliphatic rings. The summed E-state index contributed by atoms with van der Waals surface area (Å²) >= 11 is 0. The van der Waals surface area contributed by atoms with Gasteiger partial charge in [0.25, 0.3) is 5.92 Å². The molecule has 0 aromatic rings. The van der Waals surface area contributed by atoms with Gasteiger partial charge in [0.2, 0.25) is 5.91 Å². The molecule has 0 spiro atoms. The molecule has 1 amide bonds. The van der Waals surface area contributed by atoms with E-state index in [1.165, 1.54) is 4.90 Å². The summed E-state index contributed by atoms with van der Waals surface area (Å²) in [5.41, 5.74) is 5.67. The summed E-state index contributed by atoms with van der Waals surface area (Å²) in [5, 5.41) is 0. The molecule has 2 fully saturated rings. The summed E-state index contributed by atoms with van der Waals surface area (Å²) in [6.07, 6.45) is 1.42. The van der Waals surface area contributed by atoms with E-state index in [4.69, 9.17) is 5.73 Å². The highest BCUT2D eigenvalue weighted by atomic mass is 19.3. The fourth-order valence-electron chi connectivity index (χ4n) is 1.91. The van der Waals surface area contributed by atoms with Crippen molar-refractivity contribution in [3.8, 4) is 0 Å². The number of nitrogens with zero attached hydrogens (tertiary/aromatic N) is 1. The van der Waals surface area contributed by atoms with E-state index >= 15 is 0 Å². The maximum atomic E-state index is 12.6.